The first-order chi connectivity index (χ1) is 7.15. The number of aliphatic hydroxyl groups is 1. The topological polar surface area (TPSA) is 70.6 Å². The van der Waals surface area contributed by atoms with Crippen LogP contribution in [-0.4, -0.2) is 49.5 Å². The molecule has 0 saturated carbocycles. The molecule has 5 heteroatoms. The maximum Gasteiger partial charge on any atom is 0.239 e. The smallest absolute Gasteiger partial charge is 0.239 e. The molecule has 2 atom stereocenters. The normalized spacial score (nSPS) is 23.9. The molecule has 1 unspecified atom stereocenters. The monoisotopic (exact) mass is 216 g/mol. The van der Waals surface area contributed by atoms with Crippen molar-refractivity contribution >= 4 is 5.91 Å². The summed E-state index contributed by atoms with van der Waals surface area (Å²) < 4.78 is 5.19. The lowest BCUT2D eigenvalue weighted by molar-refractivity contribution is -0.127. The van der Waals surface area contributed by atoms with E-state index in [1.165, 1.54) is 0 Å². The lowest BCUT2D eigenvalue weighted by Crippen LogP contribution is -2.54. The predicted octanol–water partition coefficient (Wildman–Crippen LogP) is -0.892. The van der Waals surface area contributed by atoms with Crippen molar-refractivity contribution in [2.24, 2.45) is 5.92 Å². The highest BCUT2D eigenvalue weighted by molar-refractivity contribution is 5.82. The maximum absolute atomic E-state index is 11.7. The van der Waals surface area contributed by atoms with Gasteiger partial charge in [0.15, 0.2) is 0 Å². The summed E-state index contributed by atoms with van der Waals surface area (Å²) in [7, 11) is 0. The van der Waals surface area contributed by atoms with Crippen LogP contribution >= 0.6 is 0 Å². The summed E-state index contributed by atoms with van der Waals surface area (Å²) in [6.07, 6.45) is 0. The summed E-state index contributed by atoms with van der Waals surface area (Å²) in [5.74, 6) is 0.130. The molecule has 0 spiro atoms. The predicted molar refractivity (Wildman–Crippen MR) is 56.5 cm³/mol. The van der Waals surface area contributed by atoms with Gasteiger partial charge < -0.3 is 20.5 Å². The highest BCUT2D eigenvalue weighted by atomic mass is 16.5. The minimum atomic E-state index is -0.286. The fraction of sp³-hybridized carbons (Fsp3) is 0.900. The molecule has 1 rings (SSSR count). The van der Waals surface area contributed by atoms with Crippen molar-refractivity contribution in [2.45, 2.75) is 25.9 Å². The average molecular weight is 216 g/mol. The molecule has 1 amide bonds. The zero-order valence-corrected chi connectivity index (χ0v) is 9.32. The van der Waals surface area contributed by atoms with Gasteiger partial charge in [-0.3, -0.25) is 4.79 Å². The standard InChI is InChI=1S/C10H20N2O3/c1-7(2)8(5-13)12-10(14)9-6-15-4-3-11-9/h7-9,11,13H,3-6H2,1-2H3,(H,12,14)/t8-,9?/m1/s1. The van der Waals surface area contributed by atoms with Crippen molar-refractivity contribution in [1.82, 2.24) is 10.6 Å². The van der Waals surface area contributed by atoms with Crippen LogP contribution in [0.3, 0.4) is 0 Å². The van der Waals surface area contributed by atoms with Crippen molar-refractivity contribution in [3.05, 3.63) is 0 Å². The number of carbonyl (C=O) groups is 1. The number of carbonyl (C=O) groups excluding carboxylic acids is 1. The van der Waals surface area contributed by atoms with Crippen LogP contribution in [0.1, 0.15) is 13.8 Å². The zero-order valence-electron chi connectivity index (χ0n) is 9.32. The van der Waals surface area contributed by atoms with Crippen LogP contribution in [0.2, 0.25) is 0 Å². The van der Waals surface area contributed by atoms with Gasteiger partial charge >= 0.3 is 0 Å². The molecule has 88 valence electrons. The van der Waals surface area contributed by atoms with Gasteiger partial charge in [0.25, 0.3) is 0 Å². The number of hydrogen-bond acceptors (Lipinski definition) is 4. The Balaban J connectivity index is 2.38. The molecule has 0 radical (unpaired) electrons. The van der Waals surface area contributed by atoms with Gasteiger partial charge in [0.1, 0.15) is 6.04 Å². The Bertz CT molecular complexity index is 203. The summed E-state index contributed by atoms with van der Waals surface area (Å²) >= 11 is 0. The van der Waals surface area contributed by atoms with E-state index in [1.807, 2.05) is 13.8 Å². The molecule has 0 aromatic carbocycles. The number of aliphatic hydroxyl groups excluding tert-OH is 1. The van der Waals surface area contributed by atoms with Crippen molar-refractivity contribution in [3.8, 4) is 0 Å². The largest absolute Gasteiger partial charge is 0.394 e. The number of nitrogens with one attached hydrogen (secondary N) is 2. The third-order valence-corrected chi connectivity index (χ3v) is 2.57. The minimum Gasteiger partial charge on any atom is -0.394 e. The number of amides is 1. The molecule has 5 nitrogen and oxygen atoms in total. The summed E-state index contributed by atoms with van der Waals surface area (Å²) in [5, 5.41) is 15.0. The van der Waals surface area contributed by atoms with E-state index in [9.17, 15) is 4.79 Å². The maximum atomic E-state index is 11.7. The van der Waals surface area contributed by atoms with E-state index in [0.29, 0.717) is 19.8 Å². The Labute approximate surface area is 90.2 Å². The lowest BCUT2D eigenvalue weighted by Gasteiger charge is -2.26. The van der Waals surface area contributed by atoms with Gasteiger partial charge in [0.05, 0.1) is 25.9 Å². The molecule has 0 aromatic rings. The van der Waals surface area contributed by atoms with Crippen LogP contribution in [0.5, 0.6) is 0 Å². The van der Waals surface area contributed by atoms with Crippen molar-refractivity contribution in [3.63, 3.8) is 0 Å². The van der Waals surface area contributed by atoms with E-state index >= 15 is 0 Å². The molecule has 1 saturated heterocycles. The van der Waals surface area contributed by atoms with Crippen molar-refractivity contribution in [2.75, 3.05) is 26.4 Å². The van der Waals surface area contributed by atoms with E-state index in [4.69, 9.17) is 9.84 Å². The Kier molecular flexibility index (Phi) is 5.01. The summed E-state index contributed by atoms with van der Waals surface area (Å²) in [4.78, 5) is 11.7. The minimum absolute atomic E-state index is 0.0308. The number of rotatable bonds is 4. The van der Waals surface area contributed by atoms with E-state index in [1.54, 1.807) is 0 Å². The quantitative estimate of drug-likeness (QED) is 0.570. The van der Waals surface area contributed by atoms with Gasteiger partial charge in [-0.25, -0.2) is 0 Å². The number of morpholine rings is 1. The Hall–Kier alpha value is -0.650. The second-order valence-electron chi connectivity index (χ2n) is 4.12. The zero-order chi connectivity index (χ0) is 11.3. The molecule has 1 fully saturated rings. The van der Waals surface area contributed by atoms with E-state index in [0.717, 1.165) is 0 Å². The van der Waals surface area contributed by atoms with Gasteiger partial charge in [0, 0.05) is 6.54 Å². The molecule has 3 N–H and O–H groups in total. The molecule has 0 aliphatic carbocycles. The molecule has 0 bridgehead atoms. The average Bonchev–Trinajstić information content (AvgIpc) is 2.26. The van der Waals surface area contributed by atoms with Crippen molar-refractivity contribution in [1.29, 1.82) is 0 Å². The van der Waals surface area contributed by atoms with Crippen LogP contribution in [-0.2, 0) is 9.53 Å². The van der Waals surface area contributed by atoms with Gasteiger partial charge in [0.2, 0.25) is 5.91 Å². The molecular weight excluding hydrogens is 196 g/mol. The third-order valence-electron chi connectivity index (χ3n) is 2.57. The van der Waals surface area contributed by atoms with Crippen LogP contribution in [0.4, 0.5) is 0 Å². The number of ether oxygens (including phenoxy) is 1. The van der Waals surface area contributed by atoms with Crippen LogP contribution < -0.4 is 10.6 Å². The van der Waals surface area contributed by atoms with E-state index < -0.39 is 0 Å². The van der Waals surface area contributed by atoms with Crippen LogP contribution in [0.25, 0.3) is 0 Å². The molecule has 0 aromatic heterocycles. The van der Waals surface area contributed by atoms with Crippen LogP contribution in [0, 0.1) is 5.92 Å². The number of hydrogen-bond donors (Lipinski definition) is 3. The SMILES string of the molecule is CC(C)[C@@H](CO)NC(=O)C1COCCN1. The Morgan fingerprint density at radius 2 is 2.40 bits per heavy atom. The van der Waals surface area contributed by atoms with Gasteiger partial charge in [-0.1, -0.05) is 13.8 Å². The van der Waals surface area contributed by atoms with Crippen molar-refractivity contribution < 1.29 is 14.6 Å². The Morgan fingerprint density at radius 1 is 1.67 bits per heavy atom. The van der Waals surface area contributed by atoms with E-state index in [-0.39, 0.29) is 30.5 Å². The first-order valence-electron chi connectivity index (χ1n) is 5.37. The summed E-state index contributed by atoms with van der Waals surface area (Å²) in [6, 6.07) is -0.465. The highest BCUT2D eigenvalue weighted by Gasteiger charge is 2.24. The Morgan fingerprint density at radius 3 is 2.87 bits per heavy atom. The van der Waals surface area contributed by atoms with Gasteiger partial charge in [-0.15, -0.1) is 0 Å². The van der Waals surface area contributed by atoms with E-state index in [2.05, 4.69) is 10.6 Å². The highest BCUT2D eigenvalue weighted by Crippen LogP contribution is 2.02. The van der Waals surface area contributed by atoms with Gasteiger partial charge in [-0.2, -0.15) is 0 Å². The fourth-order valence-corrected chi connectivity index (χ4v) is 1.44. The van der Waals surface area contributed by atoms with Crippen LogP contribution in [0.15, 0.2) is 0 Å². The fourth-order valence-electron chi connectivity index (χ4n) is 1.44. The first-order valence-corrected chi connectivity index (χ1v) is 5.37. The summed E-state index contributed by atoms with van der Waals surface area (Å²) in [6.45, 7) is 5.65. The molecular formula is C10H20N2O3. The lowest BCUT2D eigenvalue weighted by atomic mass is 10.0. The molecule has 1 aliphatic heterocycles. The van der Waals surface area contributed by atoms with Gasteiger partial charge in [-0.05, 0) is 5.92 Å². The summed E-state index contributed by atoms with van der Waals surface area (Å²) in [5.41, 5.74) is 0. The second kappa shape index (κ2) is 6.05. The molecule has 1 heterocycles. The molecule has 1 aliphatic rings. The second-order valence-corrected chi connectivity index (χ2v) is 4.12. The molecule has 15 heavy (non-hydrogen) atoms. The first kappa shape index (κ1) is 12.4. The third kappa shape index (κ3) is 3.77.